The first-order chi connectivity index (χ1) is 25.8. The van der Waals surface area contributed by atoms with Crippen LogP contribution in [-0.2, 0) is 21.7 Å². The van der Waals surface area contributed by atoms with Gasteiger partial charge < -0.3 is 9.13 Å². The van der Waals surface area contributed by atoms with Crippen LogP contribution in [-0.4, -0.2) is 30.8 Å². The third-order valence-electron chi connectivity index (χ3n) is 12.5. The van der Waals surface area contributed by atoms with Gasteiger partial charge in [-0.2, -0.15) is 0 Å². The average Bonchev–Trinajstić information content (AvgIpc) is 3.63. The highest BCUT2D eigenvalue weighted by molar-refractivity contribution is 7.00. The molecule has 0 unspecified atom stereocenters. The van der Waals surface area contributed by atoms with Gasteiger partial charge >= 0.3 is 0 Å². The van der Waals surface area contributed by atoms with Crippen LogP contribution in [0.2, 0.25) is 0 Å². The molecule has 0 fully saturated rings. The van der Waals surface area contributed by atoms with E-state index in [1.807, 2.05) is 0 Å². The van der Waals surface area contributed by atoms with Gasteiger partial charge in [-0.15, -0.1) is 0 Å². The summed E-state index contributed by atoms with van der Waals surface area (Å²) in [5.41, 5.74) is 18.0. The first-order valence-electron chi connectivity index (χ1n) is 19.9. The van der Waals surface area contributed by atoms with E-state index in [9.17, 15) is 0 Å². The van der Waals surface area contributed by atoms with E-state index in [1.54, 1.807) is 12.7 Å². The lowest BCUT2D eigenvalue weighted by molar-refractivity contribution is 0.590. The van der Waals surface area contributed by atoms with E-state index in [0.717, 1.165) is 5.56 Å². The van der Waals surface area contributed by atoms with E-state index in [0.29, 0.717) is 5.82 Å². The van der Waals surface area contributed by atoms with Crippen molar-refractivity contribution in [2.45, 2.75) is 105 Å². The minimum atomic E-state index is -0.0398. The summed E-state index contributed by atoms with van der Waals surface area (Å²) in [5.74, 6) is 0.679. The Balaban J connectivity index is 1.45. The molecule has 274 valence electrons. The zero-order valence-electron chi connectivity index (χ0n) is 34.4. The van der Waals surface area contributed by atoms with Crippen molar-refractivity contribution in [3.63, 3.8) is 0 Å². The lowest BCUT2D eigenvalue weighted by Gasteiger charge is -2.35. The zero-order chi connectivity index (χ0) is 38.7. The fourth-order valence-electron chi connectivity index (χ4n) is 9.38. The fraction of sp³-hybridized carbons (Fsp3) is 0.327. The standard InChI is InChI=1S/C49H50BN5/c1-46(2,3)28-13-15-38-32(19-28)34-21-30(48(7,8)9)23-36-43(34)54(38)40-17-27(45-52-25-51-26-53-45)18-41-42(40)50(36)37-24-31(49(10,11)12)22-35-33-20-29(47(4,5)6)14-16-39(33)55(41)44(35)37/h13-26H,1-12H3. The van der Waals surface area contributed by atoms with Gasteiger partial charge in [0.25, 0.3) is 6.71 Å². The second-order valence-electron chi connectivity index (χ2n) is 20.4. The number of nitrogens with zero attached hydrogens (tertiary/aromatic N) is 5. The maximum Gasteiger partial charge on any atom is 0.252 e. The molecule has 0 saturated carbocycles. The molecular formula is C49H50BN5. The van der Waals surface area contributed by atoms with Gasteiger partial charge in [-0.05, 0) is 109 Å². The summed E-state index contributed by atoms with van der Waals surface area (Å²) >= 11 is 0. The number of benzene rings is 5. The molecule has 3 aromatic heterocycles. The van der Waals surface area contributed by atoms with E-state index in [-0.39, 0.29) is 28.4 Å². The van der Waals surface area contributed by atoms with Crippen LogP contribution in [0.15, 0.2) is 85.5 Å². The van der Waals surface area contributed by atoms with Crippen LogP contribution in [0.1, 0.15) is 105 Å². The Labute approximate surface area is 324 Å². The van der Waals surface area contributed by atoms with Crippen molar-refractivity contribution < 1.29 is 0 Å². The van der Waals surface area contributed by atoms with Gasteiger partial charge in [0, 0.05) is 49.5 Å². The minimum absolute atomic E-state index is 0.0199. The first-order valence-corrected chi connectivity index (χ1v) is 19.9. The van der Waals surface area contributed by atoms with Crippen molar-refractivity contribution in [1.29, 1.82) is 0 Å². The molecular weight excluding hydrogens is 669 g/mol. The van der Waals surface area contributed by atoms with Gasteiger partial charge in [-0.25, -0.2) is 15.0 Å². The van der Waals surface area contributed by atoms with E-state index >= 15 is 0 Å². The lowest BCUT2D eigenvalue weighted by Crippen LogP contribution is -2.59. The SMILES string of the molecule is CC(C)(C)c1ccc2c(c1)c1cc(C(C)(C)C)cc3c1n2-c1cc(-c2ncncn2)cc2c1B3c1cc(C(C)(C)C)cc3c4cc(C(C)(C)C)ccc4n-2c13. The van der Waals surface area contributed by atoms with Gasteiger partial charge in [0.15, 0.2) is 5.82 Å². The van der Waals surface area contributed by atoms with Crippen LogP contribution < -0.4 is 16.4 Å². The number of rotatable bonds is 1. The summed E-state index contributed by atoms with van der Waals surface area (Å²) in [6.07, 6.45) is 3.22. The van der Waals surface area contributed by atoms with Gasteiger partial charge in [0.1, 0.15) is 12.7 Å². The summed E-state index contributed by atoms with van der Waals surface area (Å²) in [5, 5.41) is 5.26. The summed E-state index contributed by atoms with van der Waals surface area (Å²) < 4.78 is 5.14. The van der Waals surface area contributed by atoms with Crippen LogP contribution >= 0.6 is 0 Å². The number of fused-ring (bicyclic) bond motifs is 10. The predicted molar refractivity (Wildman–Crippen MR) is 233 cm³/mol. The Morgan fingerprint density at radius 3 is 1.25 bits per heavy atom. The molecule has 55 heavy (non-hydrogen) atoms. The molecule has 5 aromatic carbocycles. The molecule has 0 spiro atoms. The Morgan fingerprint density at radius 1 is 0.455 bits per heavy atom. The molecule has 5 heterocycles. The van der Waals surface area contributed by atoms with Crippen molar-refractivity contribution in [3.05, 3.63) is 108 Å². The van der Waals surface area contributed by atoms with Gasteiger partial charge in [-0.1, -0.05) is 107 Å². The second-order valence-corrected chi connectivity index (χ2v) is 20.4. The molecule has 0 saturated heterocycles. The monoisotopic (exact) mass is 719 g/mol. The fourth-order valence-corrected chi connectivity index (χ4v) is 9.38. The molecule has 0 radical (unpaired) electrons. The van der Waals surface area contributed by atoms with Crippen molar-refractivity contribution in [2.75, 3.05) is 0 Å². The largest absolute Gasteiger partial charge is 0.310 e. The van der Waals surface area contributed by atoms with Crippen molar-refractivity contribution >= 4 is 66.7 Å². The van der Waals surface area contributed by atoms with Crippen LogP contribution in [0.4, 0.5) is 0 Å². The van der Waals surface area contributed by atoms with E-state index in [4.69, 9.17) is 9.97 Å². The topological polar surface area (TPSA) is 48.5 Å². The van der Waals surface area contributed by atoms with Crippen molar-refractivity contribution in [1.82, 2.24) is 24.1 Å². The molecule has 6 heteroatoms. The molecule has 0 N–H and O–H groups in total. The van der Waals surface area contributed by atoms with Crippen molar-refractivity contribution in [2.24, 2.45) is 0 Å². The zero-order valence-corrected chi connectivity index (χ0v) is 34.4. The molecule has 0 bridgehead atoms. The summed E-state index contributed by atoms with van der Waals surface area (Å²) in [6.45, 7) is 28.1. The summed E-state index contributed by atoms with van der Waals surface area (Å²) in [6, 6.07) is 29.1. The minimum Gasteiger partial charge on any atom is -0.310 e. The Hall–Kier alpha value is -5.23. The van der Waals surface area contributed by atoms with Gasteiger partial charge in [-0.3, -0.25) is 0 Å². The lowest BCUT2D eigenvalue weighted by atomic mass is 9.34. The summed E-state index contributed by atoms with van der Waals surface area (Å²) in [4.78, 5) is 13.6. The highest BCUT2D eigenvalue weighted by Crippen LogP contribution is 2.44. The van der Waals surface area contributed by atoms with Gasteiger partial charge in [0.2, 0.25) is 0 Å². The van der Waals surface area contributed by atoms with Crippen LogP contribution in [0.5, 0.6) is 0 Å². The van der Waals surface area contributed by atoms with Crippen LogP contribution in [0.3, 0.4) is 0 Å². The third kappa shape index (κ3) is 4.82. The molecule has 0 atom stereocenters. The average molecular weight is 720 g/mol. The molecule has 2 aliphatic heterocycles. The molecule has 0 aliphatic carbocycles. The molecule has 0 amide bonds. The smallest absolute Gasteiger partial charge is 0.252 e. The molecule has 10 rings (SSSR count). The summed E-state index contributed by atoms with van der Waals surface area (Å²) in [7, 11) is 0. The van der Waals surface area contributed by atoms with Crippen molar-refractivity contribution in [3.8, 4) is 22.8 Å². The molecule has 5 nitrogen and oxygen atoms in total. The van der Waals surface area contributed by atoms with Crippen LogP contribution in [0, 0.1) is 0 Å². The number of aromatic nitrogens is 5. The van der Waals surface area contributed by atoms with E-state index in [2.05, 4.69) is 170 Å². The quantitative estimate of drug-likeness (QED) is 0.159. The highest BCUT2D eigenvalue weighted by Gasteiger charge is 2.43. The second kappa shape index (κ2) is 10.7. The van der Waals surface area contributed by atoms with Crippen LogP contribution in [0.25, 0.3) is 66.4 Å². The number of hydrogen-bond donors (Lipinski definition) is 0. The van der Waals surface area contributed by atoms with E-state index in [1.165, 1.54) is 93.6 Å². The molecule has 8 aromatic rings. The Kier molecular flexibility index (Phi) is 6.70. The molecule has 2 aliphatic rings. The normalized spacial score (nSPS) is 14.1. The van der Waals surface area contributed by atoms with Gasteiger partial charge in [0.05, 0.1) is 11.0 Å². The highest BCUT2D eigenvalue weighted by atomic mass is 15.0. The number of hydrogen-bond acceptors (Lipinski definition) is 3. The van der Waals surface area contributed by atoms with E-state index < -0.39 is 0 Å². The predicted octanol–water partition coefficient (Wildman–Crippen LogP) is 10.1. The maximum absolute atomic E-state index is 4.71. The Bertz CT molecular complexity index is 2770. The Morgan fingerprint density at radius 2 is 0.855 bits per heavy atom. The first kappa shape index (κ1) is 34.3. The third-order valence-corrected chi connectivity index (χ3v) is 12.5. The maximum atomic E-state index is 4.71.